The smallest absolute Gasteiger partial charge is 0.306 e. The Morgan fingerprint density at radius 2 is 1.83 bits per heavy atom. The van der Waals surface area contributed by atoms with Crippen molar-refractivity contribution in [3.05, 3.63) is 30.2 Å². The Bertz CT molecular complexity index is 881. The molecule has 4 saturated carbocycles. The fourth-order valence-corrected chi connectivity index (χ4v) is 6.60. The van der Waals surface area contributed by atoms with Crippen molar-refractivity contribution in [2.75, 3.05) is 6.61 Å². The van der Waals surface area contributed by atoms with E-state index >= 15 is 0 Å². The van der Waals surface area contributed by atoms with E-state index in [4.69, 9.17) is 9.15 Å². The van der Waals surface area contributed by atoms with Crippen LogP contribution in [0.15, 0.2) is 28.7 Å². The molecular formula is C24H30N2O4. The van der Waals surface area contributed by atoms with Crippen LogP contribution in [0, 0.1) is 23.2 Å². The monoisotopic (exact) mass is 410 g/mol. The first-order valence-electron chi connectivity index (χ1n) is 11.3. The molecule has 4 aliphatic rings. The number of aromatic nitrogens is 1. The first-order chi connectivity index (χ1) is 14.5. The number of nitrogens with zero attached hydrogens (tertiary/aromatic N) is 1. The van der Waals surface area contributed by atoms with Gasteiger partial charge in [0.1, 0.15) is 5.52 Å². The number of fused-ring (bicyclic) bond motifs is 1. The van der Waals surface area contributed by atoms with Crippen LogP contribution in [0.25, 0.3) is 11.1 Å². The number of esters is 1. The van der Waals surface area contributed by atoms with Crippen molar-refractivity contribution < 1.29 is 18.7 Å². The summed E-state index contributed by atoms with van der Waals surface area (Å²) < 4.78 is 10.8. The fraction of sp³-hybridized carbons (Fsp3) is 0.625. The molecule has 1 atom stereocenters. The van der Waals surface area contributed by atoms with E-state index in [9.17, 15) is 9.59 Å². The number of nitrogens with one attached hydrogen (secondary N) is 1. The van der Waals surface area contributed by atoms with Crippen LogP contribution in [0.4, 0.5) is 0 Å². The largest absolute Gasteiger partial charge is 0.456 e. The van der Waals surface area contributed by atoms with Crippen LogP contribution >= 0.6 is 0 Å². The Labute approximate surface area is 176 Å². The quantitative estimate of drug-likeness (QED) is 0.697. The Morgan fingerprint density at radius 1 is 1.17 bits per heavy atom. The summed E-state index contributed by atoms with van der Waals surface area (Å²) >= 11 is 0. The van der Waals surface area contributed by atoms with Gasteiger partial charge in [0.2, 0.25) is 0 Å². The van der Waals surface area contributed by atoms with Gasteiger partial charge in [0.25, 0.3) is 5.91 Å². The van der Waals surface area contributed by atoms with Gasteiger partial charge in [-0.2, -0.15) is 0 Å². The lowest BCUT2D eigenvalue weighted by molar-refractivity contribution is -0.149. The molecule has 4 bridgehead atoms. The van der Waals surface area contributed by atoms with Crippen LogP contribution in [-0.4, -0.2) is 29.5 Å². The zero-order valence-corrected chi connectivity index (χ0v) is 17.6. The van der Waals surface area contributed by atoms with Gasteiger partial charge in [-0.25, -0.2) is 4.98 Å². The third kappa shape index (κ3) is 3.84. The molecule has 30 heavy (non-hydrogen) atoms. The zero-order valence-electron chi connectivity index (χ0n) is 17.6. The topological polar surface area (TPSA) is 81.4 Å². The predicted molar refractivity (Wildman–Crippen MR) is 111 cm³/mol. The minimum atomic E-state index is -0.408. The van der Waals surface area contributed by atoms with Crippen LogP contribution in [0.5, 0.6) is 0 Å². The van der Waals surface area contributed by atoms with E-state index in [1.807, 2.05) is 24.3 Å². The van der Waals surface area contributed by atoms with Gasteiger partial charge in [-0.1, -0.05) is 12.1 Å². The molecule has 1 amide bonds. The van der Waals surface area contributed by atoms with E-state index < -0.39 is 5.97 Å². The van der Waals surface area contributed by atoms with Crippen molar-refractivity contribution in [3.8, 4) is 0 Å². The van der Waals surface area contributed by atoms with Gasteiger partial charge in [-0.3, -0.25) is 9.59 Å². The molecule has 0 aliphatic heterocycles. The maximum absolute atomic E-state index is 12.4. The van der Waals surface area contributed by atoms with Crippen molar-refractivity contribution in [2.24, 2.45) is 23.2 Å². The minimum absolute atomic E-state index is 0.136. The molecule has 1 N–H and O–H groups in total. The Kier molecular flexibility index (Phi) is 5.03. The number of aryl methyl sites for hydroxylation is 1. The Morgan fingerprint density at radius 3 is 2.50 bits per heavy atom. The highest BCUT2D eigenvalue weighted by Gasteiger charge is 2.53. The molecule has 0 spiro atoms. The Hall–Kier alpha value is -2.37. The average molecular weight is 411 g/mol. The fourth-order valence-electron chi connectivity index (χ4n) is 6.60. The lowest BCUT2D eigenvalue weighted by atomic mass is 9.48. The molecule has 1 aromatic heterocycles. The molecule has 4 fully saturated rings. The molecule has 6 nitrogen and oxygen atoms in total. The van der Waals surface area contributed by atoms with Crippen LogP contribution < -0.4 is 5.32 Å². The summed E-state index contributed by atoms with van der Waals surface area (Å²) in [6.45, 7) is 1.92. The molecule has 0 unspecified atom stereocenters. The van der Waals surface area contributed by atoms with E-state index in [1.165, 1.54) is 38.5 Å². The Balaban J connectivity index is 1.08. The van der Waals surface area contributed by atoms with Crippen LogP contribution in [0.2, 0.25) is 0 Å². The van der Waals surface area contributed by atoms with Crippen LogP contribution in [-0.2, 0) is 20.7 Å². The molecule has 0 radical (unpaired) electrons. The maximum Gasteiger partial charge on any atom is 0.306 e. The number of carbonyl (C=O) groups excluding carboxylic acids is 2. The molecule has 160 valence electrons. The van der Waals surface area contributed by atoms with Crippen molar-refractivity contribution in [2.45, 2.75) is 64.3 Å². The highest BCUT2D eigenvalue weighted by Crippen LogP contribution is 2.61. The lowest BCUT2D eigenvalue weighted by Gasteiger charge is -2.59. The van der Waals surface area contributed by atoms with Gasteiger partial charge in [0, 0.05) is 12.5 Å². The molecular weight excluding hydrogens is 380 g/mol. The molecule has 1 heterocycles. The van der Waals surface area contributed by atoms with E-state index in [0.29, 0.717) is 17.9 Å². The molecule has 2 aromatic rings. The van der Waals surface area contributed by atoms with Crippen molar-refractivity contribution in [3.63, 3.8) is 0 Å². The van der Waals surface area contributed by atoms with Gasteiger partial charge >= 0.3 is 5.97 Å². The van der Waals surface area contributed by atoms with E-state index in [0.717, 1.165) is 23.3 Å². The van der Waals surface area contributed by atoms with Gasteiger partial charge in [-0.15, -0.1) is 0 Å². The number of rotatable bonds is 7. The second kappa shape index (κ2) is 7.71. The SMILES string of the molecule is C[C@H](NC(=O)COC(=O)CCc1nc2ccccc2o1)C12CC3CC(CC(C3)C1)C2. The third-order valence-corrected chi connectivity index (χ3v) is 7.63. The number of para-hydroxylation sites is 2. The first kappa shape index (κ1) is 19.6. The highest BCUT2D eigenvalue weighted by atomic mass is 16.5. The zero-order chi connectivity index (χ0) is 20.7. The minimum Gasteiger partial charge on any atom is -0.456 e. The molecule has 4 aliphatic carbocycles. The second-order valence-corrected chi connectivity index (χ2v) is 9.81. The van der Waals surface area contributed by atoms with Crippen LogP contribution in [0.1, 0.15) is 57.8 Å². The van der Waals surface area contributed by atoms with Crippen molar-refractivity contribution in [1.82, 2.24) is 10.3 Å². The van der Waals surface area contributed by atoms with E-state index in [1.54, 1.807) is 0 Å². The number of oxazole rings is 1. The average Bonchev–Trinajstić information content (AvgIpc) is 3.13. The highest BCUT2D eigenvalue weighted by molar-refractivity contribution is 5.80. The summed E-state index contributed by atoms with van der Waals surface area (Å²) in [7, 11) is 0. The summed E-state index contributed by atoms with van der Waals surface area (Å²) in [6, 6.07) is 7.63. The summed E-state index contributed by atoms with van der Waals surface area (Å²) in [5, 5.41) is 3.14. The second-order valence-electron chi connectivity index (χ2n) is 9.81. The number of benzene rings is 1. The van der Waals surface area contributed by atoms with Crippen molar-refractivity contribution >= 4 is 23.0 Å². The number of hydrogen-bond acceptors (Lipinski definition) is 5. The number of ether oxygens (including phenoxy) is 1. The molecule has 1 aromatic carbocycles. The van der Waals surface area contributed by atoms with Gasteiger partial charge in [0.05, 0.1) is 6.42 Å². The summed E-state index contributed by atoms with van der Waals surface area (Å²) in [6.07, 6.45) is 8.39. The molecule has 6 rings (SSSR count). The van der Waals surface area contributed by atoms with Gasteiger partial charge in [0.15, 0.2) is 18.1 Å². The van der Waals surface area contributed by atoms with Gasteiger partial charge in [-0.05, 0) is 80.8 Å². The van der Waals surface area contributed by atoms with E-state index in [-0.39, 0.29) is 30.4 Å². The van der Waals surface area contributed by atoms with Crippen LogP contribution in [0.3, 0.4) is 0 Å². The summed E-state index contributed by atoms with van der Waals surface area (Å²) in [5.74, 6) is 2.44. The third-order valence-electron chi connectivity index (χ3n) is 7.63. The summed E-state index contributed by atoms with van der Waals surface area (Å²) in [5.41, 5.74) is 1.74. The first-order valence-corrected chi connectivity index (χ1v) is 11.3. The lowest BCUT2D eigenvalue weighted by Crippen LogP contribution is -2.56. The maximum atomic E-state index is 12.4. The number of carbonyl (C=O) groups is 2. The number of amides is 1. The standard InChI is InChI=1S/C24H30N2O4/c1-15(24-11-16-8-17(12-24)10-18(9-16)13-24)25-21(27)14-29-23(28)7-6-22-26-19-4-2-3-5-20(19)30-22/h2-5,15-18H,6-14H2,1H3,(H,25,27)/t15-,16?,17?,18?,24?/m0/s1. The van der Waals surface area contributed by atoms with E-state index in [2.05, 4.69) is 17.2 Å². The molecule has 0 saturated heterocycles. The van der Waals surface area contributed by atoms with Gasteiger partial charge < -0.3 is 14.5 Å². The normalized spacial score (nSPS) is 30.4. The summed E-state index contributed by atoms with van der Waals surface area (Å²) in [4.78, 5) is 28.9. The number of hydrogen-bond donors (Lipinski definition) is 1. The molecule has 6 heteroatoms. The predicted octanol–water partition coefficient (Wildman–Crippen LogP) is 4.02. The van der Waals surface area contributed by atoms with Crippen molar-refractivity contribution in [1.29, 1.82) is 0 Å².